The lowest BCUT2D eigenvalue weighted by Crippen LogP contribution is -2.66. The fourth-order valence-corrected chi connectivity index (χ4v) is 13.0. The van der Waals surface area contributed by atoms with Crippen molar-refractivity contribution >= 4 is 11.8 Å². The minimum absolute atomic E-state index is 0.0170. The molecule has 0 aromatic heterocycles. The van der Waals surface area contributed by atoms with Crippen LogP contribution in [0.2, 0.25) is 0 Å². The molecule has 0 amide bonds. The van der Waals surface area contributed by atoms with E-state index in [-0.39, 0.29) is 83.6 Å². The molecule has 3 saturated heterocycles. The number of carbonyl (C=O) groups is 2. The van der Waals surface area contributed by atoms with Gasteiger partial charge in [0.2, 0.25) is 0 Å². The van der Waals surface area contributed by atoms with Crippen molar-refractivity contribution < 1.29 is 62.8 Å². The van der Waals surface area contributed by atoms with Gasteiger partial charge in [0.1, 0.15) is 30.2 Å². The Morgan fingerprint density at radius 2 is 1.43 bits per heavy atom. The first-order valence-electron chi connectivity index (χ1n) is 22.8. The number of ketones is 1. The maximum absolute atomic E-state index is 13.3. The predicted molar refractivity (Wildman–Crippen MR) is 220 cm³/mol. The summed E-state index contributed by atoms with van der Waals surface area (Å²) in [6, 6.07) is 0. The molecule has 15 unspecified atom stereocenters. The van der Waals surface area contributed by atoms with Crippen LogP contribution in [-0.2, 0) is 47.5 Å². The third-order valence-corrected chi connectivity index (χ3v) is 16.7. The lowest BCUT2D eigenvalue weighted by molar-refractivity contribution is -0.342. The number of aliphatic hydroxyl groups is 3. The molecule has 13 nitrogen and oxygen atoms in total. The van der Waals surface area contributed by atoms with E-state index in [0.29, 0.717) is 37.7 Å². The summed E-state index contributed by atoms with van der Waals surface area (Å²) >= 11 is 0. The summed E-state index contributed by atoms with van der Waals surface area (Å²) in [4.78, 5) is 26.3. The number of hydrogen-bond acceptors (Lipinski definition) is 13. The second kappa shape index (κ2) is 17.7. The standard InChI is InChI=1S/C47H74O13/c1-12-23(2)43(51)58-35-22-34-33(47(52)18-16-32(26(5)48)46(35,47)10)14-13-30-21-31(15-17-45(30,34)9)57-36-19-24(3)40(28(7)54-36)59-37-20-25(4)41(29(8)55-37)60-44-39(50)42(53-11)38(49)27(6)56-44/h12-13,24-25,27-29,31-42,44,49-50,52H,14-22H2,1-11H3/b23-12+/t24?,25?,27?,28?,29?,31-,32+,33?,34?,35+,36?,37?,38?,39?,40?,41?,42?,44?,45-,46-,47-/m0/s1. The van der Waals surface area contributed by atoms with E-state index in [1.54, 1.807) is 26.8 Å². The monoisotopic (exact) mass is 847 g/mol. The molecule has 0 bridgehead atoms. The van der Waals surface area contributed by atoms with Gasteiger partial charge in [0, 0.05) is 36.9 Å². The fraction of sp³-hybridized carbons (Fsp3) is 0.872. The second-order valence-corrected chi connectivity index (χ2v) is 20.2. The summed E-state index contributed by atoms with van der Waals surface area (Å²) in [6.07, 6.45) is 3.31. The van der Waals surface area contributed by atoms with E-state index in [1.807, 2.05) is 27.7 Å². The van der Waals surface area contributed by atoms with Crippen LogP contribution in [0.25, 0.3) is 0 Å². The van der Waals surface area contributed by atoms with Gasteiger partial charge >= 0.3 is 5.97 Å². The van der Waals surface area contributed by atoms with Gasteiger partial charge in [0.05, 0.1) is 42.2 Å². The van der Waals surface area contributed by atoms with Gasteiger partial charge in [0.15, 0.2) is 18.9 Å². The van der Waals surface area contributed by atoms with Crippen LogP contribution in [0.5, 0.6) is 0 Å². The molecule has 3 saturated carbocycles. The third kappa shape index (κ3) is 8.02. The molecule has 0 radical (unpaired) electrons. The van der Waals surface area contributed by atoms with Crippen molar-refractivity contribution in [3.63, 3.8) is 0 Å². The lowest BCUT2D eigenvalue weighted by atomic mass is 9.45. The Bertz CT molecular complexity index is 1610. The number of Topliss-reactive ketones (excluding diaryl/α,β-unsaturated/α-hetero) is 1. The highest BCUT2D eigenvalue weighted by Gasteiger charge is 2.71. The fourth-order valence-electron chi connectivity index (χ4n) is 13.0. The summed E-state index contributed by atoms with van der Waals surface area (Å²) in [5, 5.41) is 34.0. The number of methoxy groups -OCH3 is 1. The first kappa shape index (κ1) is 46.2. The van der Waals surface area contributed by atoms with E-state index in [9.17, 15) is 24.9 Å². The maximum atomic E-state index is 13.3. The third-order valence-electron chi connectivity index (χ3n) is 16.7. The predicted octanol–water partition coefficient (Wildman–Crippen LogP) is 5.94. The van der Waals surface area contributed by atoms with Crippen LogP contribution in [0.4, 0.5) is 0 Å². The average Bonchev–Trinajstić information content (AvgIpc) is 3.48. The number of esters is 1. The number of fused-ring (bicyclic) bond motifs is 5. The van der Waals surface area contributed by atoms with E-state index in [0.717, 1.165) is 25.7 Å². The van der Waals surface area contributed by atoms with Crippen molar-refractivity contribution in [2.45, 2.75) is 213 Å². The molecular weight excluding hydrogens is 773 g/mol. The molecule has 0 spiro atoms. The number of carbonyl (C=O) groups excluding carboxylic acids is 2. The smallest absolute Gasteiger partial charge is 0.333 e. The second-order valence-electron chi connectivity index (χ2n) is 20.2. The molecule has 21 atom stereocenters. The molecule has 7 aliphatic rings. The zero-order valence-corrected chi connectivity index (χ0v) is 37.8. The van der Waals surface area contributed by atoms with Gasteiger partial charge in [-0.1, -0.05) is 45.4 Å². The van der Waals surface area contributed by atoms with Gasteiger partial charge < -0.3 is 53.2 Å². The summed E-state index contributed by atoms with van der Waals surface area (Å²) < 4.78 is 50.1. The largest absolute Gasteiger partial charge is 0.458 e. The molecule has 6 fully saturated rings. The molecule has 3 N–H and O–H groups in total. The molecule has 3 aliphatic heterocycles. The molecule has 0 aromatic carbocycles. The van der Waals surface area contributed by atoms with Gasteiger partial charge in [-0.05, 0) is 116 Å². The minimum Gasteiger partial charge on any atom is -0.458 e. The average molecular weight is 847 g/mol. The van der Waals surface area contributed by atoms with Crippen molar-refractivity contribution in [3.05, 3.63) is 23.3 Å². The van der Waals surface area contributed by atoms with Gasteiger partial charge in [-0.25, -0.2) is 4.79 Å². The van der Waals surface area contributed by atoms with Gasteiger partial charge in [-0.15, -0.1) is 0 Å². The topological polar surface area (TPSA) is 169 Å². The van der Waals surface area contributed by atoms with Crippen molar-refractivity contribution in [1.29, 1.82) is 0 Å². The molecule has 3 heterocycles. The summed E-state index contributed by atoms with van der Waals surface area (Å²) in [6.45, 7) is 19.5. The molecule has 4 aliphatic carbocycles. The van der Waals surface area contributed by atoms with Crippen LogP contribution < -0.4 is 0 Å². The summed E-state index contributed by atoms with van der Waals surface area (Å²) in [5.74, 6) is -0.454. The van der Waals surface area contributed by atoms with Crippen molar-refractivity contribution in [2.24, 2.45) is 40.4 Å². The molecule has 13 heteroatoms. The first-order valence-corrected chi connectivity index (χ1v) is 22.8. The Labute approximate surface area is 357 Å². The highest BCUT2D eigenvalue weighted by Crippen LogP contribution is 2.68. The van der Waals surface area contributed by atoms with Crippen molar-refractivity contribution in [3.8, 4) is 0 Å². The highest BCUT2D eigenvalue weighted by molar-refractivity contribution is 5.88. The molecule has 60 heavy (non-hydrogen) atoms. The quantitative estimate of drug-likeness (QED) is 0.135. The van der Waals surface area contributed by atoms with E-state index < -0.39 is 54.1 Å². The van der Waals surface area contributed by atoms with Gasteiger partial charge in [-0.2, -0.15) is 0 Å². The Kier molecular flexibility index (Phi) is 13.6. The summed E-state index contributed by atoms with van der Waals surface area (Å²) in [7, 11) is 1.45. The van der Waals surface area contributed by atoms with Crippen LogP contribution in [0.15, 0.2) is 23.3 Å². The van der Waals surface area contributed by atoms with E-state index >= 15 is 0 Å². The van der Waals surface area contributed by atoms with Crippen molar-refractivity contribution in [2.75, 3.05) is 7.11 Å². The Morgan fingerprint density at radius 3 is 2.03 bits per heavy atom. The van der Waals surface area contributed by atoms with Gasteiger partial charge in [-0.3, -0.25) is 4.79 Å². The van der Waals surface area contributed by atoms with Crippen LogP contribution in [0.3, 0.4) is 0 Å². The number of ether oxygens (including phenoxy) is 8. The Morgan fingerprint density at radius 1 is 0.800 bits per heavy atom. The normalized spacial score (nSPS) is 50.8. The molecule has 7 rings (SSSR count). The lowest BCUT2D eigenvalue weighted by Gasteiger charge is -2.63. The molecular formula is C47H74O13. The minimum atomic E-state index is -1.15. The Hall–Kier alpha value is -1.78. The molecule has 340 valence electrons. The van der Waals surface area contributed by atoms with E-state index in [4.69, 9.17) is 37.9 Å². The SMILES string of the molecule is C/C=C(\C)C(=O)O[C@@H]1CC2C(CC=C3C[C@@H](OC4CC(C)C(OC5CC(C)C(OC6OC(C)C(O)C(OC)C6O)C(C)O5)C(C)O4)CC[C@@]32C)[C@@]2(O)CC[C@H](C(C)=O)[C@@]12C. The van der Waals surface area contributed by atoms with Gasteiger partial charge in [0.25, 0.3) is 0 Å². The zero-order valence-electron chi connectivity index (χ0n) is 37.8. The summed E-state index contributed by atoms with van der Waals surface area (Å²) in [5.41, 5.74) is -0.310. The van der Waals surface area contributed by atoms with Crippen LogP contribution in [-0.4, -0.2) is 120 Å². The van der Waals surface area contributed by atoms with E-state index in [2.05, 4.69) is 26.8 Å². The number of hydrogen-bond donors (Lipinski definition) is 3. The van der Waals surface area contributed by atoms with Crippen LogP contribution in [0.1, 0.15) is 127 Å². The first-order chi connectivity index (χ1) is 28.3. The van der Waals surface area contributed by atoms with E-state index in [1.165, 1.54) is 12.7 Å². The number of aliphatic hydroxyl groups excluding tert-OH is 2. The zero-order chi connectivity index (χ0) is 43.6. The molecule has 0 aromatic rings. The van der Waals surface area contributed by atoms with Crippen LogP contribution in [0, 0.1) is 40.4 Å². The number of allylic oxidation sites excluding steroid dienone is 2. The van der Waals surface area contributed by atoms with Crippen molar-refractivity contribution in [1.82, 2.24) is 0 Å². The number of rotatable bonds is 10. The Balaban J connectivity index is 0.957. The maximum Gasteiger partial charge on any atom is 0.333 e. The highest BCUT2D eigenvalue weighted by atomic mass is 16.7. The van der Waals surface area contributed by atoms with Crippen LogP contribution >= 0.6 is 0 Å².